The maximum atomic E-state index is 8.90. The van der Waals surface area contributed by atoms with E-state index in [0.29, 0.717) is 5.75 Å². The molecule has 9 heavy (non-hydrogen) atoms. The fraction of sp³-hybridized carbons (Fsp3) is 0.143. The average molecular weight is 123 g/mol. The van der Waals surface area contributed by atoms with Gasteiger partial charge in [0.15, 0.2) is 0 Å². The first-order chi connectivity index (χ1) is 4.33. The molecule has 0 spiro atoms. The molecule has 0 heterocycles. The molecule has 0 bridgehead atoms. The highest BCUT2D eigenvalue weighted by Crippen LogP contribution is 2.13. The van der Waals surface area contributed by atoms with Crippen LogP contribution in [0.4, 0.5) is 5.69 Å². The van der Waals surface area contributed by atoms with Crippen LogP contribution in [-0.2, 0) is 0 Å². The van der Waals surface area contributed by atoms with Gasteiger partial charge in [0.05, 0.1) is 0 Å². The molecule has 48 valence electrons. The molecule has 0 fully saturated rings. The molecule has 2 heteroatoms. The summed E-state index contributed by atoms with van der Waals surface area (Å²) < 4.78 is 0. The van der Waals surface area contributed by atoms with Crippen molar-refractivity contribution >= 4 is 5.69 Å². The van der Waals surface area contributed by atoms with Gasteiger partial charge in [-0.05, 0) is 12.1 Å². The van der Waals surface area contributed by atoms with Crippen molar-refractivity contribution in [2.24, 2.45) is 0 Å². The topological polar surface area (TPSA) is 32.3 Å². The lowest BCUT2D eigenvalue weighted by Crippen LogP contribution is -1.85. The number of phenolic OH excluding ortho intramolecular Hbond substituents is 1. The summed E-state index contributed by atoms with van der Waals surface area (Å²) in [7, 11) is 1.81. The molecule has 0 aliphatic rings. The summed E-state index contributed by atoms with van der Waals surface area (Å²) in [6.07, 6.45) is 0. The maximum absolute atomic E-state index is 8.90. The molecule has 1 aromatic rings. The quantitative estimate of drug-likeness (QED) is 0.592. The monoisotopic (exact) mass is 123 g/mol. The van der Waals surface area contributed by atoms with E-state index in [-0.39, 0.29) is 0 Å². The first-order valence-electron chi connectivity index (χ1n) is 2.79. The molecular formula is C7H9NO. The van der Waals surface area contributed by atoms with Crippen molar-refractivity contribution in [2.75, 3.05) is 12.4 Å². The molecule has 0 unspecified atom stereocenters. The molecule has 1 rings (SSSR count). The zero-order chi connectivity index (χ0) is 6.69. The SMILES string of the molecule is CNc1cccc(O)c1. The molecular weight excluding hydrogens is 114 g/mol. The number of hydrogen-bond donors (Lipinski definition) is 2. The fourth-order valence-corrected chi connectivity index (χ4v) is 0.661. The van der Waals surface area contributed by atoms with Gasteiger partial charge in [-0.2, -0.15) is 0 Å². The lowest BCUT2D eigenvalue weighted by atomic mass is 10.3. The van der Waals surface area contributed by atoms with Crippen LogP contribution in [0.3, 0.4) is 0 Å². The standard InChI is InChI=1S/C7H9NO/c1-8-6-3-2-4-7(9)5-6/h2-5,8-9H,1H3. The highest BCUT2D eigenvalue weighted by molar-refractivity contribution is 5.46. The second-order valence-electron chi connectivity index (χ2n) is 1.80. The number of nitrogens with one attached hydrogen (secondary N) is 1. The number of hydrogen-bond acceptors (Lipinski definition) is 2. The van der Waals surface area contributed by atoms with Crippen LogP contribution < -0.4 is 5.32 Å². The van der Waals surface area contributed by atoms with E-state index in [1.165, 1.54) is 0 Å². The Morgan fingerprint density at radius 1 is 1.44 bits per heavy atom. The third kappa shape index (κ3) is 1.35. The zero-order valence-electron chi connectivity index (χ0n) is 5.26. The van der Waals surface area contributed by atoms with Crippen LogP contribution >= 0.6 is 0 Å². The van der Waals surface area contributed by atoms with Crippen molar-refractivity contribution in [1.29, 1.82) is 0 Å². The Morgan fingerprint density at radius 3 is 2.67 bits per heavy atom. The lowest BCUT2D eigenvalue weighted by molar-refractivity contribution is 0.475. The maximum Gasteiger partial charge on any atom is 0.117 e. The van der Waals surface area contributed by atoms with Gasteiger partial charge in [0.2, 0.25) is 0 Å². The van der Waals surface area contributed by atoms with Crippen LogP contribution in [0.1, 0.15) is 0 Å². The Hall–Kier alpha value is -1.18. The summed E-state index contributed by atoms with van der Waals surface area (Å²) in [5.74, 6) is 0.293. The molecule has 2 nitrogen and oxygen atoms in total. The van der Waals surface area contributed by atoms with Crippen LogP contribution in [0.25, 0.3) is 0 Å². The van der Waals surface area contributed by atoms with Crippen LogP contribution in [0.5, 0.6) is 5.75 Å². The predicted octanol–water partition coefficient (Wildman–Crippen LogP) is 1.43. The molecule has 0 radical (unpaired) electrons. The number of aromatic hydroxyl groups is 1. The van der Waals surface area contributed by atoms with Gasteiger partial charge in [0, 0.05) is 18.8 Å². The molecule has 1 aromatic carbocycles. The highest BCUT2D eigenvalue weighted by Gasteiger charge is 1.86. The van der Waals surface area contributed by atoms with Gasteiger partial charge in [0.25, 0.3) is 0 Å². The van der Waals surface area contributed by atoms with Crippen molar-refractivity contribution in [3.05, 3.63) is 24.3 Å². The van der Waals surface area contributed by atoms with E-state index in [4.69, 9.17) is 5.11 Å². The molecule has 0 saturated heterocycles. The van der Waals surface area contributed by atoms with Crippen molar-refractivity contribution in [2.45, 2.75) is 0 Å². The highest BCUT2D eigenvalue weighted by atomic mass is 16.3. The minimum absolute atomic E-state index is 0.293. The smallest absolute Gasteiger partial charge is 0.117 e. The summed E-state index contributed by atoms with van der Waals surface area (Å²) in [6.45, 7) is 0. The fourth-order valence-electron chi connectivity index (χ4n) is 0.661. The van der Waals surface area contributed by atoms with E-state index in [9.17, 15) is 0 Å². The third-order valence-corrected chi connectivity index (χ3v) is 1.13. The minimum Gasteiger partial charge on any atom is -0.508 e. The van der Waals surface area contributed by atoms with Gasteiger partial charge >= 0.3 is 0 Å². The van der Waals surface area contributed by atoms with Gasteiger partial charge in [-0.25, -0.2) is 0 Å². The number of anilines is 1. The molecule has 0 amide bonds. The lowest BCUT2D eigenvalue weighted by Gasteiger charge is -1.97. The largest absolute Gasteiger partial charge is 0.508 e. The Morgan fingerprint density at radius 2 is 2.22 bits per heavy atom. The van der Waals surface area contributed by atoms with Gasteiger partial charge in [0.1, 0.15) is 5.75 Å². The summed E-state index contributed by atoms with van der Waals surface area (Å²) in [5.41, 5.74) is 0.926. The summed E-state index contributed by atoms with van der Waals surface area (Å²) in [5, 5.41) is 11.8. The first-order valence-corrected chi connectivity index (χ1v) is 2.79. The van der Waals surface area contributed by atoms with Crippen LogP contribution in [0.2, 0.25) is 0 Å². The van der Waals surface area contributed by atoms with Gasteiger partial charge in [-0.3, -0.25) is 0 Å². The Bertz CT molecular complexity index is 198. The van der Waals surface area contributed by atoms with Gasteiger partial charge < -0.3 is 10.4 Å². The number of benzene rings is 1. The van der Waals surface area contributed by atoms with E-state index >= 15 is 0 Å². The van der Waals surface area contributed by atoms with Gasteiger partial charge in [-0.15, -0.1) is 0 Å². The second kappa shape index (κ2) is 2.40. The zero-order valence-corrected chi connectivity index (χ0v) is 5.26. The average Bonchev–Trinajstić information content (AvgIpc) is 1.88. The first kappa shape index (κ1) is 5.95. The predicted molar refractivity (Wildman–Crippen MR) is 37.7 cm³/mol. The molecule has 0 aliphatic carbocycles. The van der Waals surface area contributed by atoms with Crippen LogP contribution in [0.15, 0.2) is 24.3 Å². The Labute approximate surface area is 54.1 Å². The molecule has 2 N–H and O–H groups in total. The third-order valence-electron chi connectivity index (χ3n) is 1.13. The Kier molecular flexibility index (Phi) is 1.58. The van der Waals surface area contributed by atoms with Crippen molar-refractivity contribution in [3.8, 4) is 5.75 Å². The molecule has 0 atom stereocenters. The summed E-state index contributed by atoms with van der Waals surface area (Å²) in [4.78, 5) is 0. The van der Waals surface area contributed by atoms with E-state index in [1.807, 2.05) is 13.1 Å². The van der Waals surface area contributed by atoms with Gasteiger partial charge in [-0.1, -0.05) is 6.07 Å². The van der Waals surface area contributed by atoms with E-state index < -0.39 is 0 Å². The summed E-state index contributed by atoms with van der Waals surface area (Å²) in [6, 6.07) is 6.99. The van der Waals surface area contributed by atoms with E-state index in [0.717, 1.165) is 5.69 Å². The summed E-state index contributed by atoms with van der Waals surface area (Å²) >= 11 is 0. The van der Waals surface area contributed by atoms with E-state index in [1.54, 1.807) is 18.2 Å². The van der Waals surface area contributed by atoms with E-state index in [2.05, 4.69) is 5.32 Å². The molecule has 0 saturated carbocycles. The molecule has 0 aromatic heterocycles. The van der Waals surface area contributed by atoms with Crippen molar-refractivity contribution in [3.63, 3.8) is 0 Å². The Balaban J connectivity index is 2.94. The van der Waals surface area contributed by atoms with Crippen LogP contribution in [0, 0.1) is 0 Å². The minimum atomic E-state index is 0.293. The van der Waals surface area contributed by atoms with Crippen LogP contribution in [-0.4, -0.2) is 12.2 Å². The normalized spacial score (nSPS) is 9.00. The molecule has 0 aliphatic heterocycles. The second-order valence-corrected chi connectivity index (χ2v) is 1.80. The van der Waals surface area contributed by atoms with Crippen molar-refractivity contribution < 1.29 is 5.11 Å². The number of rotatable bonds is 1. The number of phenols is 1. The van der Waals surface area contributed by atoms with Crippen molar-refractivity contribution in [1.82, 2.24) is 0 Å².